The smallest absolute Gasteiger partial charge is 0.338 e. The molecule has 2 aromatic carbocycles. The first-order chi connectivity index (χ1) is 12.9. The molecule has 3 rings (SSSR count). The Labute approximate surface area is 159 Å². The molecule has 5 nitrogen and oxygen atoms in total. The van der Waals surface area contributed by atoms with Gasteiger partial charge in [-0.2, -0.15) is 0 Å². The molecule has 0 spiro atoms. The van der Waals surface area contributed by atoms with Crippen molar-refractivity contribution >= 4 is 23.6 Å². The minimum atomic E-state index is -0.916. The van der Waals surface area contributed by atoms with Crippen LogP contribution in [-0.4, -0.2) is 24.6 Å². The average molecular weight is 365 g/mol. The number of carbonyl (C=O) groups excluding carboxylic acids is 2. The molecule has 0 bridgehead atoms. The van der Waals surface area contributed by atoms with E-state index in [1.165, 1.54) is 5.56 Å². The second kappa shape index (κ2) is 8.08. The Hall–Kier alpha value is -3.08. The third-order valence-electron chi connectivity index (χ3n) is 4.39. The molecule has 0 saturated carbocycles. The van der Waals surface area contributed by atoms with E-state index in [9.17, 15) is 9.59 Å². The van der Waals surface area contributed by atoms with E-state index in [1.807, 2.05) is 48.5 Å². The zero-order chi connectivity index (χ0) is 19.4. The summed E-state index contributed by atoms with van der Waals surface area (Å²) in [7, 11) is 0. The summed E-state index contributed by atoms with van der Waals surface area (Å²) in [5.74, 6) is 0.219. The number of nitrogens with one attached hydrogen (secondary N) is 1. The molecule has 1 atom stereocenters. The minimum Gasteiger partial charge on any atom is -0.488 e. The van der Waals surface area contributed by atoms with E-state index < -0.39 is 12.1 Å². The molecule has 0 unspecified atom stereocenters. The topological polar surface area (TPSA) is 64.6 Å². The Morgan fingerprint density at radius 2 is 1.74 bits per heavy atom. The molecule has 5 heteroatoms. The number of benzene rings is 2. The Kier molecular flexibility index (Phi) is 5.60. The molecule has 1 heterocycles. The van der Waals surface area contributed by atoms with Gasteiger partial charge in [-0.3, -0.25) is 4.79 Å². The maximum absolute atomic E-state index is 12.3. The largest absolute Gasteiger partial charge is 0.488 e. The fraction of sp³-hybridized carbons (Fsp3) is 0.273. The minimum absolute atomic E-state index is 0.126. The van der Waals surface area contributed by atoms with Gasteiger partial charge in [-0.15, -0.1) is 0 Å². The number of hydrogen-bond donors (Lipinski definition) is 1. The molecule has 0 aliphatic carbocycles. The Balaban J connectivity index is 1.59. The molecule has 1 aliphatic rings. The van der Waals surface area contributed by atoms with Crippen molar-refractivity contribution in [3.05, 3.63) is 65.2 Å². The average Bonchev–Trinajstić information content (AvgIpc) is 2.67. The highest BCUT2D eigenvalue weighted by molar-refractivity contribution is 5.99. The lowest BCUT2D eigenvalue weighted by molar-refractivity contribution is -0.149. The van der Waals surface area contributed by atoms with Gasteiger partial charge < -0.3 is 14.8 Å². The van der Waals surface area contributed by atoms with Crippen LogP contribution in [0.4, 0.5) is 5.69 Å². The molecule has 0 radical (unpaired) electrons. The van der Waals surface area contributed by atoms with Crippen molar-refractivity contribution in [2.45, 2.75) is 32.8 Å². The number of ether oxygens (including phenoxy) is 2. The molecular formula is C22H23NO4. The van der Waals surface area contributed by atoms with Crippen LogP contribution in [-0.2, 0) is 14.3 Å². The SMILES string of the molecule is CC(C)c1ccc(NC(=O)[C@@H](C)OC(=O)C2=Cc3ccccc3OC2)cc1. The number of carbonyl (C=O) groups is 2. The molecule has 27 heavy (non-hydrogen) atoms. The van der Waals surface area contributed by atoms with Crippen LogP contribution in [0.25, 0.3) is 6.08 Å². The quantitative estimate of drug-likeness (QED) is 0.808. The van der Waals surface area contributed by atoms with Gasteiger partial charge in [0.1, 0.15) is 12.4 Å². The number of hydrogen-bond acceptors (Lipinski definition) is 4. The monoisotopic (exact) mass is 365 g/mol. The fourth-order valence-corrected chi connectivity index (χ4v) is 2.72. The number of rotatable bonds is 5. The van der Waals surface area contributed by atoms with Crippen LogP contribution >= 0.6 is 0 Å². The second-order valence-electron chi connectivity index (χ2n) is 6.81. The van der Waals surface area contributed by atoms with E-state index >= 15 is 0 Å². The van der Waals surface area contributed by atoms with Crippen LogP contribution in [0, 0.1) is 0 Å². The third-order valence-corrected chi connectivity index (χ3v) is 4.39. The lowest BCUT2D eigenvalue weighted by Gasteiger charge is -2.19. The van der Waals surface area contributed by atoms with Gasteiger partial charge in [-0.05, 0) is 42.7 Å². The fourth-order valence-electron chi connectivity index (χ4n) is 2.72. The first kappa shape index (κ1) is 18.7. The van der Waals surface area contributed by atoms with Crippen LogP contribution in [0.3, 0.4) is 0 Å². The highest BCUT2D eigenvalue weighted by atomic mass is 16.6. The number of para-hydroxylation sites is 1. The van der Waals surface area contributed by atoms with Crippen LogP contribution in [0.15, 0.2) is 54.1 Å². The highest BCUT2D eigenvalue weighted by Crippen LogP contribution is 2.26. The molecule has 1 aliphatic heterocycles. The van der Waals surface area contributed by atoms with Gasteiger partial charge in [-0.1, -0.05) is 44.2 Å². The van der Waals surface area contributed by atoms with Crippen LogP contribution in [0.1, 0.15) is 37.8 Å². The van der Waals surface area contributed by atoms with E-state index in [1.54, 1.807) is 13.0 Å². The summed E-state index contributed by atoms with van der Waals surface area (Å²) in [6.45, 7) is 5.89. The van der Waals surface area contributed by atoms with Crippen LogP contribution in [0.5, 0.6) is 5.75 Å². The summed E-state index contributed by atoms with van der Waals surface area (Å²) in [6.07, 6.45) is 0.816. The van der Waals surface area contributed by atoms with Gasteiger partial charge in [0.15, 0.2) is 6.10 Å². The van der Waals surface area contributed by atoms with Crippen molar-refractivity contribution in [1.29, 1.82) is 0 Å². The number of esters is 1. The van der Waals surface area contributed by atoms with E-state index in [4.69, 9.17) is 9.47 Å². The maximum Gasteiger partial charge on any atom is 0.338 e. The molecule has 0 saturated heterocycles. The zero-order valence-corrected chi connectivity index (χ0v) is 15.7. The van der Waals surface area contributed by atoms with Crippen LogP contribution < -0.4 is 10.1 Å². The summed E-state index contributed by atoms with van der Waals surface area (Å²) in [6, 6.07) is 15.1. The maximum atomic E-state index is 12.3. The van der Waals surface area contributed by atoms with Gasteiger partial charge in [-0.25, -0.2) is 4.79 Å². The van der Waals surface area contributed by atoms with Gasteiger partial charge in [0.2, 0.25) is 0 Å². The van der Waals surface area contributed by atoms with Crippen molar-refractivity contribution in [2.75, 3.05) is 11.9 Å². The summed E-state index contributed by atoms with van der Waals surface area (Å²) < 4.78 is 10.9. The normalized spacial score (nSPS) is 13.9. The summed E-state index contributed by atoms with van der Waals surface area (Å²) in [4.78, 5) is 24.7. The van der Waals surface area contributed by atoms with Gasteiger partial charge >= 0.3 is 5.97 Å². The molecule has 1 amide bonds. The van der Waals surface area contributed by atoms with E-state index in [0.717, 1.165) is 11.3 Å². The molecule has 1 N–H and O–H groups in total. The molecule has 0 fully saturated rings. The van der Waals surface area contributed by atoms with Gasteiger partial charge in [0.25, 0.3) is 5.91 Å². The number of amides is 1. The number of fused-ring (bicyclic) bond motifs is 1. The zero-order valence-electron chi connectivity index (χ0n) is 15.7. The van der Waals surface area contributed by atoms with Crippen molar-refractivity contribution in [3.63, 3.8) is 0 Å². The van der Waals surface area contributed by atoms with Crippen molar-refractivity contribution in [3.8, 4) is 5.75 Å². The lowest BCUT2D eigenvalue weighted by atomic mass is 10.0. The Morgan fingerprint density at radius 3 is 2.44 bits per heavy atom. The molecule has 2 aromatic rings. The first-order valence-electron chi connectivity index (χ1n) is 8.98. The van der Waals surface area contributed by atoms with Gasteiger partial charge in [0, 0.05) is 11.3 Å². The number of anilines is 1. The lowest BCUT2D eigenvalue weighted by Crippen LogP contribution is -2.31. The Bertz CT molecular complexity index is 868. The van der Waals surface area contributed by atoms with E-state index in [0.29, 0.717) is 17.2 Å². The summed E-state index contributed by atoms with van der Waals surface area (Å²) >= 11 is 0. The van der Waals surface area contributed by atoms with E-state index in [-0.39, 0.29) is 12.5 Å². The van der Waals surface area contributed by atoms with Crippen molar-refractivity contribution in [2.24, 2.45) is 0 Å². The van der Waals surface area contributed by atoms with Crippen LogP contribution in [0.2, 0.25) is 0 Å². The Morgan fingerprint density at radius 1 is 1.04 bits per heavy atom. The van der Waals surface area contributed by atoms with E-state index in [2.05, 4.69) is 19.2 Å². The van der Waals surface area contributed by atoms with Crippen molar-refractivity contribution < 1.29 is 19.1 Å². The first-order valence-corrected chi connectivity index (χ1v) is 8.98. The second-order valence-corrected chi connectivity index (χ2v) is 6.81. The predicted molar refractivity (Wildman–Crippen MR) is 105 cm³/mol. The molecule has 140 valence electrons. The highest BCUT2D eigenvalue weighted by Gasteiger charge is 2.23. The van der Waals surface area contributed by atoms with Gasteiger partial charge in [0.05, 0.1) is 5.57 Å². The molecular weight excluding hydrogens is 342 g/mol. The summed E-state index contributed by atoms with van der Waals surface area (Å²) in [5, 5.41) is 2.76. The standard InChI is InChI=1S/C22H23NO4/c1-14(2)16-8-10-19(11-9-16)23-21(24)15(3)27-22(25)18-12-17-6-4-5-7-20(17)26-13-18/h4-12,14-15H,13H2,1-3H3,(H,23,24)/t15-/m1/s1. The predicted octanol–water partition coefficient (Wildman–Crippen LogP) is 4.16. The van der Waals surface area contributed by atoms with Crippen molar-refractivity contribution in [1.82, 2.24) is 0 Å². The third kappa shape index (κ3) is 4.56. The summed E-state index contributed by atoms with van der Waals surface area (Å²) in [5.41, 5.74) is 3.06. The molecule has 0 aromatic heterocycles.